The number of hydrogen-bond donors (Lipinski definition) is 2. The van der Waals surface area contributed by atoms with Crippen LogP contribution in [0.5, 0.6) is 0 Å². The standard InChI is InChI=1S/C13H12Cl2N2OS2/c1-6-3-9(15)10(4-8(6)14)17-12(18)5-11-7(2)16-13(19)20-11/h3-4H,5H2,1-2H3,(H,16,19)(H,17,18). The molecule has 0 aliphatic carbocycles. The van der Waals surface area contributed by atoms with Crippen molar-refractivity contribution in [1.29, 1.82) is 0 Å². The van der Waals surface area contributed by atoms with Crippen molar-refractivity contribution in [2.45, 2.75) is 20.3 Å². The Bertz CT molecular complexity index is 722. The van der Waals surface area contributed by atoms with Gasteiger partial charge in [-0.05, 0) is 43.8 Å². The first-order chi connectivity index (χ1) is 9.36. The van der Waals surface area contributed by atoms with Gasteiger partial charge >= 0.3 is 0 Å². The molecule has 0 fully saturated rings. The van der Waals surface area contributed by atoms with Gasteiger partial charge < -0.3 is 10.3 Å². The molecule has 0 atom stereocenters. The number of aryl methyl sites for hydroxylation is 2. The van der Waals surface area contributed by atoms with Crippen molar-refractivity contribution in [2.75, 3.05) is 5.32 Å². The van der Waals surface area contributed by atoms with Crippen molar-refractivity contribution >= 4 is 58.4 Å². The summed E-state index contributed by atoms with van der Waals surface area (Å²) in [5.74, 6) is -0.153. The van der Waals surface area contributed by atoms with E-state index in [0.29, 0.717) is 19.7 Å². The second kappa shape index (κ2) is 6.26. The number of carbonyl (C=O) groups is 1. The maximum atomic E-state index is 12.0. The average Bonchev–Trinajstić information content (AvgIpc) is 2.64. The van der Waals surface area contributed by atoms with Gasteiger partial charge in [-0.3, -0.25) is 4.79 Å². The molecule has 1 aromatic carbocycles. The van der Waals surface area contributed by atoms with Gasteiger partial charge in [0.2, 0.25) is 5.91 Å². The number of carbonyl (C=O) groups excluding carboxylic acids is 1. The number of thiazole rings is 1. The molecule has 2 N–H and O–H groups in total. The van der Waals surface area contributed by atoms with Gasteiger partial charge in [0.1, 0.15) is 0 Å². The van der Waals surface area contributed by atoms with E-state index in [9.17, 15) is 4.79 Å². The monoisotopic (exact) mass is 346 g/mol. The lowest BCUT2D eigenvalue weighted by molar-refractivity contribution is -0.115. The highest BCUT2D eigenvalue weighted by molar-refractivity contribution is 7.73. The fourth-order valence-electron chi connectivity index (χ4n) is 1.69. The van der Waals surface area contributed by atoms with Crippen molar-refractivity contribution in [3.8, 4) is 0 Å². The molecule has 0 saturated heterocycles. The smallest absolute Gasteiger partial charge is 0.229 e. The lowest BCUT2D eigenvalue weighted by Crippen LogP contribution is -2.14. The molecule has 2 aromatic rings. The van der Waals surface area contributed by atoms with Gasteiger partial charge in [-0.15, -0.1) is 11.3 Å². The van der Waals surface area contributed by atoms with Crippen molar-refractivity contribution in [2.24, 2.45) is 0 Å². The number of amides is 1. The van der Waals surface area contributed by atoms with Gasteiger partial charge in [0.15, 0.2) is 3.95 Å². The van der Waals surface area contributed by atoms with E-state index in [2.05, 4.69) is 10.3 Å². The molecule has 0 aliphatic rings. The summed E-state index contributed by atoms with van der Waals surface area (Å²) in [5.41, 5.74) is 2.31. The van der Waals surface area contributed by atoms with Crippen LogP contribution >= 0.6 is 46.8 Å². The number of aromatic amines is 1. The normalized spacial score (nSPS) is 10.6. The summed E-state index contributed by atoms with van der Waals surface area (Å²) in [6, 6.07) is 3.38. The van der Waals surface area contributed by atoms with Crippen LogP contribution in [0.1, 0.15) is 16.1 Å². The average molecular weight is 347 g/mol. The molecule has 1 heterocycles. The van der Waals surface area contributed by atoms with Crippen molar-refractivity contribution in [1.82, 2.24) is 4.98 Å². The van der Waals surface area contributed by atoms with Crippen molar-refractivity contribution in [3.63, 3.8) is 0 Å². The Balaban J connectivity index is 2.14. The highest BCUT2D eigenvalue weighted by atomic mass is 35.5. The zero-order valence-electron chi connectivity index (χ0n) is 10.8. The second-order valence-corrected chi connectivity index (χ2v) is 6.96. The maximum Gasteiger partial charge on any atom is 0.229 e. The highest BCUT2D eigenvalue weighted by Gasteiger charge is 2.12. The van der Waals surface area contributed by atoms with Gasteiger partial charge in [-0.1, -0.05) is 23.2 Å². The minimum Gasteiger partial charge on any atom is -0.341 e. The molecular formula is C13H12Cl2N2OS2. The van der Waals surface area contributed by atoms with E-state index in [1.54, 1.807) is 12.1 Å². The van der Waals surface area contributed by atoms with E-state index in [4.69, 9.17) is 35.4 Å². The molecule has 2 rings (SSSR count). The topological polar surface area (TPSA) is 44.9 Å². The molecule has 20 heavy (non-hydrogen) atoms. The molecule has 0 aliphatic heterocycles. The van der Waals surface area contributed by atoms with Crippen LogP contribution in [0.2, 0.25) is 10.0 Å². The van der Waals surface area contributed by atoms with Crippen LogP contribution in [0.4, 0.5) is 5.69 Å². The molecule has 1 amide bonds. The Hall–Kier alpha value is -0.880. The zero-order valence-corrected chi connectivity index (χ0v) is 14.0. The van der Waals surface area contributed by atoms with Crippen LogP contribution in [0.15, 0.2) is 12.1 Å². The Kier molecular flexibility index (Phi) is 4.86. The third-order valence-electron chi connectivity index (χ3n) is 2.77. The molecule has 7 heteroatoms. The predicted octanol–water partition coefficient (Wildman–Crippen LogP) is 4.91. The fraction of sp³-hybridized carbons (Fsp3) is 0.231. The Morgan fingerprint density at radius 2 is 2.05 bits per heavy atom. The van der Waals surface area contributed by atoms with Crippen LogP contribution in [0.25, 0.3) is 0 Å². The number of nitrogens with one attached hydrogen (secondary N) is 2. The van der Waals surface area contributed by atoms with Crippen LogP contribution in [0.3, 0.4) is 0 Å². The Morgan fingerprint density at radius 3 is 2.65 bits per heavy atom. The summed E-state index contributed by atoms with van der Waals surface area (Å²) in [5, 5.41) is 3.81. The van der Waals surface area contributed by atoms with Crippen LogP contribution in [-0.2, 0) is 11.2 Å². The van der Waals surface area contributed by atoms with E-state index in [1.165, 1.54) is 11.3 Å². The van der Waals surface area contributed by atoms with Crippen LogP contribution in [-0.4, -0.2) is 10.9 Å². The molecule has 106 valence electrons. The first kappa shape index (κ1) is 15.5. The first-order valence-corrected chi connectivity index (χ1v) is 7.79. The molecule has 1 aromatic heterocycles. The fourth-order valence-corrected chi connectivity index (χ4v) is 3.41. The predicted molar refractivity (Wildman–Crippen MR) is 87.8 cm³/mol. The maximum absolute atomic E-state index is 12.0. The summed E-state index contributed by atoms with van der Waals surface area (Å²) >= 11 is 18.6. The van der Waals surface area contributed by atoms with E-state index in [1.807, 2.05) is 13.8 Å². The summed E-state index contributed by atoms with van der Waals surface area (Å²) in [6.45, 7) is 3.75. The molecule has 0 radical (unpaired) electrons. The number of halogens is 2. The third kappa shape index (κ3) is 3.61. The van der Waals surface area contributed by atoms with Gasteiger partial charge in [0, 0.05) is 15.6 Å². The summed E-state index contributed by atoms with van der Waals surface area (Å²) in [6.07, 6.45) is 0.255. The zero-order chi connectivity index (χ0) is 14.9. The van der Waals surface area contributed by atoms with Crippen molar-refractivity contribution < 1.29 is 4.79 Å². The van der Waals surface area contributed by atoms with Gasteiger partial charge in [-0.2, -0.15) is 0 Å². The summed E-state index contributed by atoms with van der Waals surface area (Å²) < 4.78 is 0.668. The minimum atomic E-state index is -0.153. The van der Waals surface area contributed by atoms with Crippen LogP contribution in [0, 0.1) is 17.8 Å². The number of H-pyrrole nitrogens is 1. The Labute approximate surface area is 135 Å². The number of aromatic nitrogens is 1. The van der Waals surface area contributed by atoms with Crippen molar-refractivity contribution in [3.05, 3.63) is 42.3 Å². The summed E-state index contributed by atoms with van der Waals surface area (Å²) in [4.78, 5) is 16.0. The Morgan fingerprint density at radius 1 is 1.35 bits per heavy atom. The number of hydrogen-bond acceptors (Lipinski definition) is 3. The molecule has 3 nitrogen and oxygen atoms in total. The summed E-state index contributed by atoms with van der Waals surface area (Å²) in [7, 11) is 0. The SMILES string of the molecule is Cc1cc(Cl)c(NC(=O)Cc2sc(=S)[nH]c2C)cc1Cl. The quantitative estimate of drug-likeness (QED) is 0.775. The molecule has 0 spiro atoms. The van der Waals surface area contributed by atoms with Gasteiger partial charge in [0.05, 0.1) is 17.1 Å². The van der Waals surface area contributed by atoms with E-state index in [-0.39, 0.29) is 12.3 Å². The largest absolute Gasteiger partial charge is 0.341 e. The molecular weight excluding hydrogens is 335 g/mol. The van der Waals surface area contributed by atoms with Crippen LogP contribution < -0.4 is 5.32 Å². The lowest BCUT2D eigenvalue weighted by atomic mass is 10.2. The number of rotatable bonds is 3. The lowest BCUT2D eigenvalue weighted by Gasteiger charge is -2.09. The van der Waals surface area contributed by atoms with E-state index in [0.717, 1.165) is 16.1 Å². The minimum absolute atomic E-state index is 0.153. The number of benzene rings is 1. The highest BCUT2D eigenvalue weighted by Crippen LogP contribution is 2.29. The molecule has 0 bridgehead atoms. The first-order valence-electron chi connectivity index (χ1n) is 5.81. The van der Waals surface area contributed by atoms with E-state index < -0.39 is 0 Å². The molecule has 0 unspecified atom stereocenters. The molecule has 0 saturated carbocycles. The second-order valence-electron chi connectivity index (χ2n) is 4.37. The third-order valence-corrected chi connectivity index (χ3v) is 4.82. The van der Waals surface area contributed by atoms with Gasteiger partial charge in [-0.25, -0.2) is 0 Å². The van der Waals surface area contributed by atoms with Gasteiger partial charge in [0.25, 0.3) is 0 Å². The van der Waals surface area contributed by atoms with E-state index >= 15 is 0 Å². The number of anilines is 1.